The van der Waals surface area contributed by atoms with Crippen molar-refractivity contribution in [3.05, 3.63) is 35.2 Å². The van der Waals surface area contributed by atoms with Crippen molar-refractivity contribution >= 4 is 53.8 Å². The summed E-state index contributed by atoms with van der Waals surface area (Å²) < 4.78 is 9.92. The van der Waals surface area contributed by atoms with Crippen LogP contribution in [-0.2, 0) is 18.5 Å². The summed E-state index contributed by atoms with van der Waals surface area (Å²) >= 11 is 7.04. The molecule has 40 heavy (non-hydrogen) atoms. The number of piperidine rings is 1. The van der Waals surface area contributed by atoms with Gasteiger partial charge in [0.25, 0.3) is 0 Å². The Hall–Kier alpha value is -2.95. The molecule has 4 aromatic rings. The van der Waals surface area contributed by atoms with Crippen molar-refractivity contribution in [2.45, 2.75) is 77.1 Å². The third-order valence-corrected chi connectivity index (χ3v) is 10.6. The Bertz CT molecular complexity index is 1580. The fourth-order valence-electron chi connectivity index (χ4n) is 6.50. The Morgan fingerprint density at radius 1 is 1.18 bits per heavy atom. The molecule has 0 aliphatic carbocycles. The van der Waals surface area contributed by atoms with Crippen molar-refractivity contribution in [2.24, 2.45) is 18.1 Å². The molecule has 0 spiro atoms. The maximum Gasteiger partial charge on any atom is 0.163 e. The van der Waals surface area contributed by atoms with Crippen LogP contribution in [-0.4, -0.2) is 62.5 Å². The van der Waals surface area contributed by atoms with E-state index in [1.807, 2.05) is 18.3 Å². The smallest absolute Gasteiger partial charge is 0.163 e. The van der Waals surface area contributed by atoms with E-state index in [0.717, 1.165) is 57.6 Å². The van der Waals surface area contributed by atoms with Crippen LogP contribution in [0.25, 0.3) is 33.2 Å². The fourth-order valence-corrected chi connectivity index (χ4v) is 7.62. The molecule has 2 aliphatic rings. The molecule has 3 atom stereocenters. The van der Waals surface area contributed by atoms with E-state index < -0.39 is 8.07 Å². The molecule has 3 aromatic heterocycles. The van der Waals surface area contributed by atoms with Crippen LogP contribution in [0.4, 0.5) is 5.82 Å². The molecule has 212 valence electrons. The molecule has 11 heteroatoms. The standard InChI is InChI=1S/C29H38ClN7O2Si/c1-18-12-19-6-7-20(13-18)37(19)25-15-31-28-22(16-36(29(28)33-25)17-39-10-11-40(3,4)5)21-8-9-23-26(27(21)30)24(14-32-38)35(2)34-23/h8-9,14-16,18-20,38H,6-7,10-13,17H2,1-5H3/b32-14+/t18?,19-,20+. The average Bonchev–Trinajstić information content (AvgIpc) is 3.51. The first-order chi connectivity index (χ1) is 19.1. The van der Waals surface area contributed by atoms with Crippen LogP contribution in [0.2, 0.25) is 30.7 Å². The number of oxime groups is 1. The predicted octanol–water partition coefficient (Wildman–Crippen LogP) is 6.53. The molecule has 1 aromatic carbocycles. The molecular weight excluding hydrogens is 542 g/mol. The SMILES string of the molecule is CC1C[C@H]2CC[C@@H](C1)N2c1cnc2c(-c3ccc4nn(C)c(/C=N/O)c4c3Cl)cn(COCC[Si](C)(C)C)c2n1. The van der Waals surface area contributed by atoms with Crippen LogP contribution in [0.5, 0.6) is 0 Å². The van der Waals surface area contributed by atoms with Gasteiger partial charge < -0.3 is 19.4 Å². The van der Waals surface area contributed by atoms with Crippen LogP contribution in [0.3, 0.4) is 0 Å². The molecular formula is C29H38ClN7O2Si. The van der Waals surface area contributed by atoms with Crippen molar-refractivity contribution in [3.63, 3.8) is 0 Å². The van der Waals surface area contributed by atoms with Gasteiger partial charge in [-0.2, -0.15) is 5.10 Å². The zero-order valence-corrected chi connectivity index (χ0v) is 25.7. The second-order valence-corrected chi connectivity index (χ2v) is 18.7. The van der Waals surface area contributed by atoms with Crippen molar-refractivity contribution in [2.75, 3.05) is 11.5 Å². The fraction of sp³-hybridized carbons (Fsp3) is 0.517. The summed E-state index contributed by atoms with van der Waals surface area (Å²) in [5, 5.41) is 18.3. The van der Waals surface area contributed by atoms with Gasteiger partial charge in [0.2, 0.25) is 0 Å². The van der Waals surface area contributed by atoms with Gasteiger partial charge in [0.05, 0.1) is 28.6 Å². The highest BCUT2D eigenvalue weighted by Gasteiger charge is 2.40. The first-order valence-electron chi connectivity index (χ1n) is 14.2. The largest absolute Gasteiger partial charge is 0.411 e. The number of aromatic nitrogens is 5. The van der Waals surface area contributed by atoms with Crippen molar-refractivity contribution in [3.8, 4) is 11.1 Å². The molecule has 0 amide bonds. The highest BCUT2D eigenvalue weighted by atomic mass is 35.5. The first kappa shape index (κ1) is 27.2. The minimum absolute atomic E-state index is 0.401. The summed E-state index contributed by atoms with van der Waals surface area (Å²) in [5.74, 6) is 1.71. The molecule has 2 saturated heterocycles. The van der Waals surface area contributed by atoms with Gasteiger partial charge in [-0.1, -0.05) is 49.4 Å². The lowest BCUT2D eigenvalue weighted by Crippen LogP contribution is -2.43. The number of hydrogen-bond acceptors (Lipinski definition) is 7. The second kappa shape index (κ2) is 10.5. The van der Waals surface area contributed by atoms with Crippen LogP contribution in [0.15, 0.2) is 29.7 Å². The van der Waals surface area contributed by atoms with Gasteiger partial charge in [-0.05, 0) is 43.7 Å². The van der Waals surface area contributed by atoms with E-state index >= 15 is 0 Å². The summed E-state index contributed by atoms with van der Waals surface area (Å²) in [6, 6.07) is 6.08. The quantitative estimate of drug-likeness (QED) is 0.0839. The van der Waals surface area contributed by atoms with E-state index in [1.165, 1.54) is 31.9 Å². The number of fused-ring (bicyclic) bond motifs is 4. The van der Waals surface area contributed by atoms with E-state index in [1.54, 1.807) is 11.7 Å². The van der Waals surface area contributed by atoms with Crippen molar-refractivity contribution in [1.29, 1.82) is 0 Å². The van der Waals surface area contributed by atoms with E-state index in [-0.39, 0.29) is 0 Å². The Labute approximate surface area is 240 Å². The highest BCUT2D eigenvalue weighted by molar-refractivity contribution is 6.76. The van der Waals surface area contributed by atoms with E-state index in [9.17, 15) is 5.21 Å². The van der Waals surface area contributed by atoms with Gasteiger partial charge in [0.15, 0.2) is 5.65 Å². The molecule has 1 unspecified atom stereocenters. The molecule has 2 fully saturated rings. The molecule has 0 saturated carbocycles. The molecule has 1 N–H and O–H groups in total. The topological polar surface area (TPSA) is 93.6 Å². The lowest BCUT2D eigenvalue weighted by molar-refractivity contribution is 0.0899. The minimum atomic E-state index is -1.21. The van der Waals surface area contributed by atoms with Gasteiger partial charge >= 0.3 is 0 Å². The van der Waals surface area contributed by atoms with Crippen LogP contribution < -0.4 is 4.90 Å². The van der Waals surface area contributed by atoms with Crippen LogP contribution in [0, 0.1) is 5.92 Å². The Balaban J connectivity index is 1.44. The summed E-state index contributed by atoms with van der Waals surface area (Å²) in [6.07, 6.45) is 10.2. The highest BCUT2D eigenvalue weighted by Crippen LogP contribution is 2.42. The number of benzene rings is 1. The van der Waals surface area contributed by atoms with Crippen LogP contribution >= 0.6 is 11.6 Å². The van der Waals surface area contributed by atoms with E-state index in [0.29, 0.717) is 29.5 Å². The Morgan fingerprint density at radius 3 is 2.62 bits per heavy atom. The molecule has 5 heterocycles. The number of ether oxygens (including phenoxy) is 1. The van der Waals surface area contributed by atoms with Gasteiger partial charge in [-0.3, -0.25) is 4.68 Å². The minimum Gasteiger partial charge on any atom is -0.411 e. The number of halogens is 1. The normalized spacial score (nSPS) is 21.4. The molecule has 0 radical (unpaired) electrons. The van der Waals surface area contributed by atoms with Gasteiger partial charge in [-0.25, -0.2) is 9.97 Å². The zero-order chi connectivity index (χ0) is 28.2. The number of hydrogen-bond donors (Lipinski definition) is 1. The number of aryl methyl sites for hydroxylation is 1. The number of anilines is 1. The van der Waals surface area contributed by atoms with Gasteiger partial charge in [-0.15, -0.1) is 0 Å². The average molecular weight is 580 g/mol. The molecule has 2 aliphatic heterocycles. The number of rotatable bonds is 8. The monoisotopic (exact) mass is 579 g/mol. The Kier molecular flexibility index (Phi) is 7.12. The summed E-state index contributed by atoms with van der Waals surface area (Å²) in [7, 11) is 0.595. The van der Waals surface area contributed by atoms with Crippen molar-refractivity contribution in [1.82, 2.24) is 24.3 Å². The number of nitrogens with zero attached hydrogens (tertiary/aromatic N) is 7. The zero-order valence-electron chi connectivity index (χ0n) is 23.9. The molecule has 2 bridgehead atoms. The van der Waals surface area contributed by atoms with Gasteiger partial charge in [0.1, 0.15) is 18.1 Å². The summed E-state index contributed by atoms with van der Waals surface area (Å²) in [5.41, 5.74) is 4.67. The molecule has 6 rings (SSSR count). The van der Waals surface area contributed by atoms with E-state index in [2.05, 4.69) is 52.5 Å². The summed E-state index contributed by atoms with van der Waals surface area (Å²) in [6.45, 7) is 10.6. The third-order valence-electron chi connectivity index (χ3n) is 8.47. The molecule has 9 nitrogen and oxygen atoms in total. The van der Waals surface area contributed by atoms with Crippen LogP contribution in [0.1, 0.15) is 38.3 Å². The maximum atomic E-state index is 9.23. The van der Waals surface area contributed by atoms with E-state index in [4.69, 9.17) is 26.3 Å². The predicted molar refractivity (Wildman–Crippen MR) is 163 cm³/mol. The lowest BCUT2D eigenvalue weighted by Gasteiger charge is -2.38. The van der Waals surface area contributed by atoms with Gasteiger partial charge in [0, 0.05) is 56.5 Å². The van der Waals surface area contributed by atoms with Crippen molar-refractivity contribution < 1.29 is 9.94 Å². The lowest BCUT2D eigenvalue weighted by atomic mass is 9.92. The summed E-state index contributed by atoms with van der Waals surface area (Å²) in [4.78, 5) is 12.7. The first-order valence-corrected chi connectivity index (χ1v) is 18.3. The third kappa shape index (κ3) is 4.90. The maximum absolute atomic E-state index is 9.23. The second-order valence-electron chi connectivity index (χ2n) is 12.7. The Morgan fingerprint density at radius 2 is 1.93 bits per heavy atom.